The van der Waals surface area contributed by atoms with Crippen LogP contribution < -0.4 is 5.32 Å². The second-order valence-corrected chi connectivity index (χ2v) is 8.41. The van der Waals surface area contributed by atoms with E-state index in [-0.39, 0.29) is 11.8 Å². The summed E-state index contributed by atoms with van der Waals surface area (Å²) in [6.45, 7) is 3.11. The molecule has 0 spiro atoms. The van der Waals surface area contributed by atoms with Crippen molar-refractivity contribution in [1.29, 1.82) is 0 Å². The van der Waals surface area contributed by atoms with Gasteiger partial charge in [-0.2, -0.15) is 10.1 Å². The third-order valence-electron chi connectivity index (χ3n) is 4.33. The first kappa shape index (κ1) is 18.5. The number of hydrogen-bond donors (Lipinski definition) is 2. The molecule has 1 saturated heterocycles. The highest BCUT2D eigenvalue weighted by Crippen LogP contribution is 2.26. The Kier molecular flexibility index (Phi) is 5.37. The third-order valence-corrected chi connectivity index (χ3v) is 5.64. The van der Waals surface area contributed by atoms with Gasteiger partial charge < -0.3 is 9.84 Å². The Hall–Kier alpha value is -2.27. The van der Waals surface area contributed by atoms with Crippen molar-refractivity contribution in [1.82, 2.24) is 30.0 Å². The van der Waals surface area contributed by atoms with E-state index in [1.807, 2.05) is 6.92 Å². The van der Waals surface area contributed by atoms with Gasteiger partial charge in [0.25, 0.3) is 5.91 Å². The molecule has 11 heteroatoms. The lowest BCUT2D eigenvalue weighted by Crippen LogP contribution is -2.37. The first-order valence-electron chi connectivity index (χ1n) is 8.41. The van der Waals surface area contributed by atoms with Crippen LogP contribution in [0.2, 0.25) is 0 Å². The number of aryl methyl sites for hydroxylation is 1. The fourth-order valence-corrected chi connectivity index (χ4v) is 3.76. The summed E-state index contributed by atoms with van der Waals surface area (Å²) in [5.74, 6) is 0.876. The highest BCUT2D eigenvalue weighted by molar-refractivity contribution is 7.88. The molecule has 1 fully saturated rings. The highest BCUT2D eigenvalue weighted by atomic mass is 32.2. The molecule has 1 aliphatic heterocycles. The fourth-order valence-electron chi connectivity index (χ4n) is 2.89. The highest BCUT2D eigenvalue weighted by Gasteiger charge is 2.28. The molecule has 0 aromatic carbocycles. The molecule has 0 atom stereocenters. The molecule has 2 aromatic heterocycles. The van der Waals surface area contributed by atoms with Gasteiger partial charge in [0, 0.05) is 37.7 Å². The molecule has 2 N–H and O–H groups in total. The number of aromatic nitrogens is 4. The average molecular weight is 382 g/mol. The normalized spacial score (nSPS) is 16.7. The summed E-state index contributed by atoms with van der Waals surface area (Å²) in [6, 6.07) is 1.67. The Morgan fingerprint density at radius 3 is 2.77 bits per heavy atom. The quantitative estimate of drug-likeness (QED) is 0.729. The van der Waals surface area contributed by atoms with E-state index < -0.39 is 10.0 Å². The van der Waals surface area contributed by atoms with Crippen LogP contribution in [0.1, 0.15) is 46.7 Å². The van der Waals surface area contributed by atoms with Crippen LogP contribution in [-0.2, 0) is 16.4 Å². The summed E-state index contributed by atoms with van der Waals surface area (Å²) in [6.07, 6.45) is 2.98. The fraction of sp³-hybridized carbons (Fsp3) is 0.600. The van der Waals surface area contributed by atoms with Crippen LogP contribution in [0.5, 0.6) is 0 Å². The van der Waals surface area contributed by atoms with Crippen molar-refractivity contribution in [3.63, 3.8) is 0 Å². The van der Waals surface area contributed by atoms with Gasteiger partial charge in [-0.15, -0.1) is 0 Å². The van der Waals surface area contributed by atoms with E-state index in [4.69, 9.17) is 4.52 Å². The maximum absolute atomic E-state index is 11.9. The van der Waals surface area contributed by atoms with Crippen molar-refractivity contribution in [2.24, 2.45) is 0 Å². The van der Waals surface area contributed by atoms with E-state index in [0.717, 1.165) is 5.69 Å². The monoisotopic (exact) mass is 382 g/mol. The average Bonchev–Trinajstić information content (AvgIpc) is 3.23. The zero-order chi connectivity index (χ0) is 18.7. The summed E-state index contributed by atoms with van der Waals surface area (Å²) >= 11 is 0. The molecule has 142 valence electrons. The topological polar surface area (TPSA) is 134 Å². The number of piperidine rings is 1. The molecule has 0 unspecified atom stereocenters. The number of nitrogens with one attached hydrogen (secondary N) is 2. The van der Waals surface area contributed by atoms with Gasteiger partial charge in [0.05, 0.1) is 6.26 Å². The lowest BCUT2D eigenvalue weighted by Gasteiger charge is -2.28. The summed E-state index contributed by atoms with van der Waals surface area (Å²) in [5.41, 5.74) is 1.16. The lowest BCUT2D eigenvalue weighted by molar-refractivity contribution is 0.0948. The molecular formula is C15H22N6O4S. The van der Waals surface area contributed by atoms with Gasteiger partial charge in [0.2, 0.25) is 15.9 Å². The molecule has 2 aromatic rings. The predicted octanol–water partition coefficient (Wildman–Crippen LogP) is 0.213. The van der Waals surface area contributed by atoms with Gasteiger partial charge in [-0.3, -0.25) is 9.89 Å². The van der Waals surface area contributed by atoms with Crippen LogP contribution in [0, 0.1) is 6.92 Å². The zero-order valence-corrected chi connectivity index (χ0v) is 15.5. The molecule has 3 heterocycles. The smallest absolute Gasteiger partial charge is 0.271 e. The predicted molar refractivity (Wildman–Crippen MR) is 92.1 cm³/mol. The van der Waals surface area contributed by atoms with Crippen molar-refractivity contribution in [2.45, 2.75) is 32.1 Å². The van der Waals surface area contributed by atoms with Crippen LogP contribution in [0.3, 0.4) is 0 Å². The molecule has 3 rings (SSSR count). The summed E-state index contributed by atoms with van der Waals surface area (Å²) in [4.78, 5) is 16.3. The minimum Gasteiger partial charge on any atom is -0.350 e. The SMILES string of the molecule is Cc1cc(C(=O)NCCc2nc(C3CCN(S(C)(=O)=O)CC3)no2)n[nH]1. The second-order valence-electron chi connectivity index (χ2n) is 6.42. The van der Waals surface area contributed by atoms with E-state index in [1.165, 1.54) is 10.6 Å². The Morgan fingerprint density at radius 2 is 2.15 bits per heavy atom. The third kappa shape index (κ3) is 4.47. The number of hydrogen-bond acceptors (Lipinski definition) is 7. The second kappa shape index (κ2) is 7.54. The van der Waals surface area contributed by atoms with Gasteiger partial charge in [-0.05, 0) is 25.8 Å². The zero-order valence-electron chi connectivity index (χ0n) is 14.7. The molecule has 0 bridgehead atoms. The molecule has 10 nitrogen and oxygen atoms in total. The first-order chi connectivity index (χ1) is 12.3. The molecule has 0 saturated carbocycles. The van der Waals surface area contributed by atoms with Crippen molar-refractivity contribution < 1.29 is 17.7 Å². The van der Waals surface area contributed by atoms with Crippen LogP contribution in [0.15, 0.2) is 10.6 Å². The Bertz CT molecular complexity index is 866. The summed E-state index contributed by atoms with van der Waals surface area (Å²) in [7, 11) is -3.15. The number of H-pyrrole nitrogens is 1. The molecule has 1 amide bonds. The lowest BCUT2D eigenvalue weighted by atomic mass is 9.97. The maximum Gasteiger partial charge on any atom is 0.271 e. The molecule has 0 radical (unpaired) electrons. The van der Waals surface area contributed by atoms with Gasteiger partial charge in [-0.25, -0.2) is 12.7 Å². The molecule has 0 aliphatic carbocycles. The number of carbonyl (C=O) groups excluding carboxylic acids is 1. The molecule has 1 aliphatic rings. The first-order valence-corrected chi connectivity index (χ1v) is 10.3. The van der Waals surface area contributed by atoms with E-state index in [2.05, 4.69) is 25.7 Å². The van der Waals surface area contributed by atoms with Crippen LogP contribution in [0.25, 0.3) is 0 Å². The maximum atomic E-state index is 11.9. The largest absolute Gasteiger partial charge is 0.350 e. The van der Waals surface area contributed by atoms with Gasteiger partial charge in [0.15, 0.2) is 5.82 Å². The van der Waals surface area contributed by atoms with Crippen molar-refractivity contribution in [3.8, 4) is 0 Å². The minimum absolute atomic E-state index is 0.0899. The molecule has 26 heavy (non-hydrogen) atoms. The van der Waals surface area contributed by atoms with Crippen LogP contribution >= 0.6 is 0 Å². The van der Waals surface area contributed by atoms with Crippen molar-refractivity contribution in [3.05, 3.63) is 29.2 Å². The number of sulfonamides is 1. The molecular weight excluding hydrogens is 360 g/mol. The number of nitrogens with zero attached hydrogens (tertiary/aromatic N) is 4. The number of rotatable bonds is 6. The number of aromatic amines is 1. The Labute approximate surface area is 151 Å². The van der Waals surface area contributed by atoms with Gasteiger partial charge in [0.1, 0.15) is 5.69 Å². The number of carbonyl (C=O) groups is 1. The van der Waals surface area contributed by atoms with Gasteiger partial charge in [-0.1, -0.05) is 5.16 Å². The summed E-state index contributed by atoms with van der Waals surface area (Å²) in [5, 5.41) is 13.4. The van der Waals surface area contributed by atoms with E-state index >= 15 is 0 Å². The van der Waals surface area contributed by atoms with Crippen molar-refractivity contribution in [2.75, 3.05) is 25.9 Å². The Balaban J connectivity index is 1.47. The minimum atomic E-state index is -3.15. The summed E-state index contributed by atoms with van der Waals surface area (Å²) < 4.78 is 29.8. The van der Waals surface area contributed by atoms with E-state index in [0.29, 0.717) is 56.3 Å². The van der Waals surface area contributed by atoms with Gasteiger partial charge >= 0.3 is 0 Å². The van der Waals surface area contributed by atoms with Crippen LogP contribution in [0.4, 0.5) is 0 Å². The Morgan fingerprint density at radius 1 is 1.42 bits per heavy atom. The standard InChI is InChI=1S/C15H22N6O4S/c1-10-9-12(19-18-10)15(22)16-6-3-13-17-14(20-25-13)11-4-7-21(8-5-11)26(2,23)24/h9,11H,3-8H2,1-2H3,(H,16,22)(H,18,19). The van der Waals surface area contributed by atoms with E-state index in [1.54, 1.807) is 6.07 Å². The van der Waals surface area contributed by atoms with E-state index in [9.17, 15) is 13.2 Å². The number of amides is 1. The van der Waals surface area contributed by atoms with Crippen molar-refractivity contribution >= 4 is 15.9 Å². The van der Waals surface area contributed by atoms with Crippen LogP contribution in [-0.4, -0.2) is 64.9 Å².